The molecule has 1 aromatic carbocycles. The zero-order valence-corrected chi connectivity index (χ0v) is 19.6. The molecule has 1 atom stereocenters. The number of nitro groups is 1. The molecule has 0 aliphatic heterocycles. The van der Waals surface area contributed by atoms with Crippen molar-refractivity contribution in [2.75, 3.05) is 26.4 Å². The van der Waals surface area contributed by atoms with Crippen LogP contribution in [0, 0.1) is 15.9 Å². The Morgan fingerprint density at radius 2 is 1.94 bits per heavy atom. The molecule has 0 aliphatic carbocycles. The predicted molar refractivity (Wildman–Crippen MR) is 120 cm³/mol. The minimum atomic E-state index is -1.10. The zero-order valence-electron chi connectivity index (χ0n) is 19.6. The number of nitro benzene ring substituents is 1. The molecule has 0 radical (unpaired) electrons. The Morgan fingerprint density at radius 3 is 2.52 bits per heavy atom. The summed E-state index contributed by atoms with van der Waals surface area (Å²) in [5.41, 5.74) is -0.888. The summed E-state index contributed by atoms with van der Waals surface area (Å²) in [6.07, 6.45) is -1.65. The predicted octanol–water partition coefficient (Wildman–Crippen LogP) is 2.86. The number of ether oxygens (including phenoxy) is 2. The van der Waals surface area contributed by atoms with Crippen LogP contribution in [0.15, 0.2) is 18.2 Å². The van der Waals surface area contributed by atoms with Crippen LogP contribution in [0.4, 0.5) is 14.9 Å². The smallest absolute Gasteiger partial charge is 0.407 e. The molecular formula is C22H32FN3O7. The number of aliphatic hydroxyl groups is 2. The van der Waals surface area contributed by atoms with Gasteiger partial charge >= 0.3 is 11.8 Å². The molecular weight excluding hydrogens is 437 g/mol. The largest absolute Gasteiger partial charge is 0.444 e. The summed E-state index contributed by atoms with van der Waals surface area (Å²) < 4.78 is 26.8. The molecule has 0 bridgehead atoms. The van der Waals surface area contributed by atoms with Gasteiger partial charge in [0.1, 0.15) is 5.60 Å². The minimum Gasteiger partial charge on any atom is -0.444 e. The van der Waals surface area contributed by atoms with E-state index in [1.807, 2.05) is 13.8 Å². The number of rotatable bonds is 10. The van der Waals surface area contributed by atoms with E-state index in [9.17, 15) is 29.5 Å². The van der Waals surface area contributed by atoms with Gasteiger partial charge in [0.15, 0.2) is 0 Å². The molecule has 0 aliphatic rings. The Kier molecular flexibility index (Phi) is 8.39. The molecule has 0 saturated heterocycles. The number of nitrogens with one attached hydrogen (secondary N) is 1. The summed E-state index contributed by atoms with van der Waals surface area (Å²) in [7, 11) is 0. The number of aliphatic hydroxyl groups excluding tert-OH is 2. The van der Waals surface area contributed by atoms with Crippen LogP contribution in [0.25, 0.3) is 10.9 Å². The first-order chi connectivity index (χ1) is 15.2. The van der Waals surface area contributed by atoms with Gasteiger partial charge in [-0.05, 0) is 26.8 Å². The second kappa shape index (κ2) is 10.4. The van der Waals surface area contributed by atoms with E-state index in [1.165, 1.54) is 0 Å². The minimum absolute atomic E-state index is 0.0315. The van der Waals surface area contributed by atoms with Crippen molar-refractivity contribution in [3.8, 4) is 0 Å². The van der Waals surface area contributed by atoms with Gasteiger partial charge < -0.3 is 29.6 Å². The van der Waals surface area contributed by atoms with Gasteiger partial charge in [0.05, 0.1) is 42.9 Å². The van der Waals surface area contributed by atoms with Crippen molar-refractivity contribution >= 4 is 22.7 Å². The van der Waals surface area contributed by atoms with Crippen molar-refractivity contribution < 1.29 is 33.8 Å². The molecule has 184 valence electrons. The van der Waals surface area contributed by atoms with E-state index in [0.717, 1.165) is 12.1 Å². The summed E-state index contributed by atoms with van der Waals surface area (Å²) in [5.74, 6) is -0.987. The lowest BCUT2D eigenvalue weighted by molar-refractivity contribution is -0.387. The van der Waals surface area contributed by atoms with E-state index < -0.39 is 46.2 Å². The summed E-state index contributed by atoms with van der Waals surface area (Å²) in [5, 5.41) is 33.5. The fraction of sp³-hybridized carbons (Fsp3) is 0.591. The first kappa shape index (κ1) is 26.5. The van der Waals surface area contributed by atoms with Gasteiger partial charge in [0.25, 0.3) is 0 Å². The van der Waals surface area contributed by atoms with Crippen LogP contribution in [-0.4, -0.2) is 63.9 Å². The van der Waals surface area contributed by atoms with Gasteiger partial charge in [0.2, 0.25) is 5.82 Å². The van der Waals surface area contributed by atoms with Gasteiger partial charge in [-0.25, -0.2) is 4.79 Å². The van der Waals surface area contributed by atoms with E-state index in [2.05, 4.69) is 5.32 Å². The van der Waals surface area contributed by atoms with Crippen LogP contribution in [0.1, 0.15) is 40.3 Å². The highest BCUT2D eigenvalue weighted by molar-refractivity contribution is 5.84. The first-order valence-electron chi connectivity index (χ1n) is 10.6. The molecule has 0 saturated carbocycles. The molecule has 11 heteroatoms. The Bertz CT molecular complexity index is 998. The lowest BCUT2D eigenvalue weighted by atomic mass is 9.90. The van der Waals surface area contributed by atoms with E-state index in [1.54, 1.807) is 31.4 Å². The molecule has 1 aromatic heterocycles. The maximum absolute atomic E-state index is 14.3. The molecule has 1 amide bonds. The van der Waals surface area contributed by atoms with E-state index >= 15 is 0 Å². The van der Waals surface area contributed by atoms with Crippen molar-refractivity contribution in [1.82, 2.24) is 9.88 Å². The Labute approximate surface area is 191 Å². The van der Waals surface area contributed by atoms with E-state index in [4.69, 9.17) is 9.47 Å². The highest BCUT2D eigenvalue weighted by Crippen LogP contribution is 2.33. The van der Waals surface area contributed by atoms with Crippen LogP contribution in [0.2, 0.25) is 0 Å². The number of carbonyl (C=O) groups is 1. The molecule has 1 heterocycles. The molecule has 10 nitrogen and oxygen atoms in total. The molecule has 3 N–H and O–H groups in total. The quantitative estimate of drug-likeness (QED) is 0.276. The maximum Gasteiger partial charge on any atom is 0.407 e. The van der Waals surface area contributed by atoms with Crippen LogP contribution in [0.5, 0.6) is 0 Å². The molecule has 0 spiro atoms. The van der Waals surface area contributed by atoms with Gasteiger partial charge in [-0.3, -0.25) is 10.1 Å². The number of carbonyl (C=O) groups excluding carboxylic acids is 1. The summed E-state index contributed by atoms with van der Waals surface area (Å²) in [4.78, 5) is 22.0. The number of hydrogen-bond donors (Lipinski definition) is 3. The van der Waals surface area contributed by atoms with Gasteiger partial charge in [-0.15, -0.1) is 0 Å². The SMILES string of the molecule is CC(C)(C)OC(=O)NCCOCC(C)(C)c1cc2cc([N+](=O)[O-])c(F)cc2n1C[C@@H](O)CO. The number of aromatic nitrogens is 1. The van der Waals surface area contributed by atoms with Crippen molar-refractivity contribution in [2.45, 2.75) is 58.3 Å². The van der Waals surface area contributed by atoms with Crippen LogP contribution in [-0.2, 0) is 21.4 Å². The zero-order chi connectivity index (χ0) is 25.0. The number of nitrogens with zero attached hydrogens (tertiary/aromatic N) is 2. The van der Waals surface area contributed by atoms with Crippen molar-refractivity contribution in [1.29, 1.82) is 0 Å². The third kappa shape index (κ3) is 7.11. The second-order valence-corrected chi connectivity index (χ2v) is 9.46. The number of hydrogen-bond acceptors (Lipinski definition) is 7. The molecule has 2 rings (SSSR count). The van der Waals surface area contributed by atoms with E-state index in [-0.39, 0.29) is 26.3 Å². The van der Waals surface area contributed by atoms with Crippen LogP contribution < -0.4 is 5.32 Å². The topological polar surface area (TPSA) is 136 Å². The summed E-state index contributed by atoms with van der Waals surface area (Å²) >= 11 is 0. The fourth-order valence-electron chi connectivity index (χ4n) is 3.38. The highest BCUT2D eigenvalue weighted by atomic mass is 19.1. The Hall–Kier alpha value is -2.76. The van der Waals surface area contributed by atoms with Crippen molar-refractivity contribution in [3.63, 3.8) is 0 Å². The van der Waals surface area contributed by atoms with E-state index in [0.29, 0.717) is 16.6 Å². The number of alkyl carbamates (subject to hydrolysis) is 1. The molecule has 2 aromatic rings. The number of fused-ring (bicyclic) bond motifs is 1. The first-order valence-corrected chi connectivity index (χ1v) is 10.6. The third-order valence-corrected chi connectivity index (χ3v) is 4.84. The molecule has 0 unspecified atom stereocenters. The van der Waals surface area contributed by atoms with Gasteiger partial charge in [-0.2, -0.15) is 4.39 Å². The lowest BCUT2D eigenvalue weighted by Crippen LogP contribution is -2.35. The summed E-state index contributed by atoms with van der Waals surface area (Å²) in [6, 6.07) is 3.90. The van der Waals surface area contributed by atoms with Gasteiger partial charge in [0, 0.05) is 35.2 Å². The van der Waals surface area contributed by atoms with Crippen LogP contribution >= 0.6 is 0 Å². The number of benzene rings is 1. The number of amides is 1. The normalized spacial score (nSPS) is 13.2. The monoisotopic (exact) mass is 469 g/mol. The maximum atomic E-state index is 14.3. The van der Waals surface area contributed by atoms with Gasteiger partial charge in [-0.1, -0.05) is 13.8 Å². The number of halogens is 1. The molecule has 33 heavy (non-hydrogen) atoms. The summed E-state index contributed by atoms with van der Waals surface area (Å²) in [6.45, 7) is 9.15. The van der Waals surface area contributed by atoms with Crippen molar-refractivity contribution in [3.05, 3.63) is 39.8 Å². The second-order valence-electron chi connectivity index (χ2n) is 9.46. The standard InChI is InChI=1S/C22H32FN3O7/c1-21(2,3)33-20(29)24-6-7-32-13-22(4,5)19-9-14-8-18(26(30)31)16(23)10-17(14)25(19)11-15(28)12-27/h8-10,15,27-28H,6-7,11-13H2,1-5H3,(H,24,29)/t15-/m1/s1. The average molecular weight is 470 g/mol. The Balaban J connectivity index is 2.20. The third-order valence-electron chi connectivity index (χ3n) is 4.84. The van der Waals surface area contributed by atoms with Crippen molar-refractivity contribution in [2.24, 2.45) is 0 Å². The molecule has 0 fully saturated rings. The highest BCUT2D eigenvalue weighted by Gasteiger charge is 2.29. The average Bonchev–Trinajstić information content (AvgIpc) is 3.03. The lowest BCUT2D eigenvalue weighted by Gasteiger charge is -2.27. The van der Waals surface area contributed by atoms with Crippen LogP contribution in [0.3, 0.4) is 0 Å². The Morgan fingerprint density at radius 1 is 1.27 bits per heavy atom. The fourth-order valence-corrected chi connectivity index (χ4v) is 3.38.